The van der Waals surface area contributed by atoms with E-state index in [2.05, 4.69) is 10.4 Å². The minimum atomic E-state index is -0.716. The van der Waals surface area contributed by atoms with Crippen molar-refractivity contribution in [2.24, 2.45) is 13.0 Å². The van der Waals surface area contributed by atoms with Gasteiger partial charge in [-0.15, -0.1) is 0 Å². The number of hydrogen-bond acceptors (Lipinski definition) is 4. The lowest BCUT2D eigenvalue weighted by Gasteiger charge is -2.33. The molecule has 8 heteroatoms. The van der Waals surface area contributed by atoms with Crippen molar-refractivity contribution < 1.29 is 18.4 Å². The number of likely N-dealkylation sites (N-methyl/N-ethyl adjacent to an activating group) is 1. The minimum Gasteiger partial charge on any atom is -0.341 e. The number of halogens is 2. The predicted octanol–water partition coefficient (Wildman–Crippen LogP) is 2.08. The van der Waals surface area contributed by atoms with E-state index >= 15 is 0 Å². The summed E-state index contributed by atoms with van der Waals surface area (Å²) in [6.45, 7) is 0.787. The largest absolute Gasteiger partial charge is 0.341 e. The van der Waals surface area contributed by atoms with Crippen LogP contribution < -0.4 is 5.32 Å². The van der Waals surface area contributed by atoms with E-state index in [1.54, 1.807) is 36.1 Å². The van der Waals surface area contributed by atoms with Crippen molar-refractivity contribution in [1.29, 1.82) is 0 Å². The molecule has 0 spiro atoms. The first kappa shape index (κ1) is 19.2. The summed E-state index contributed by atoms with van der Waals surface area (Å²) in [7, 11) is 3.49. The van der Waals surface area contributed by atoms with Gasteiger partial charge >= 0.3 is 0 Å². The van der Waals surface area contributed by atoms with E-state index in [1.165, 1.54) is 0 Å². The molecule has 1 amide bonds. The van der Waals surface area contributed by atoms with Crippen molar-refractivity contribution in [2.45, 2.75) is 18.9 Å². The molecule has 1 unspecified atom stereocenters. The molecule has 0 aliphatic carbocycles. The monoisotopic (exact) mass is 376 g/mol. The Morgan fingerprint density at radius 3 is 2.56 bits per heavy atom. The average molecular weight is 376 g/mol. The minimum absolute atomic E-state index is 0.0895. The number of nitrogens with zero attached hydrogens (tertiary/aromatic N) is 3. The molecule has 2 heterocycles. The molecule has 0 radical (unpaired) electrons. The Hall–Kier alpha value is -2.61. The summed E-state index contributed by atoms with van der Waals surface area (Å²) in [6, 6.07) is 2.39. The molecule has 3 rings (SSSR count). The van der Waals surface area contributed by atoms with Gasteiger partial charge < -0.3 is 10.2 Å². The lowest BCUT2D eigenvalue weighted by atomic mass is 9.88. The van der Waals surface area contributed by atoms with Gasteiger partial charge in [-0.1, -0.05) is 0 Å². The van der Waals surface area contributed by atoms with Crippen LogP contribution in [0.2, 0.25) is 0 Å². The number of hydrogen-bond donors (Lipinski definition) is 1. The fourth-order valence-corrected chi connectivity index (χ4v) is 3.47. The first-order valence-corrected chi connectivity index (χ1v) is 8.84. The molecule has 1 aliphatic heterocycles. The Labute approximate surface area is 156 Å². The van der Waals surface area contributed by atoms with E-state index < -0.39 is 29.4 Å². The highest BCUT2D eigenvalue weighted by Gasteiger charge is 2.32. The van der Waals surface area contributed by atoms with Crippen LogP contribution in [0.3, 0.4) is 0 Å². The number of carbonyl (C=O) groups is 2. The van der Waals surface area contributed by atoms with Crippen molar-refractivity contribution >= 4 is 11.7 Å². The zero-order valence-electron chi connectivity index (χ0n) is 15.3. The van der Waals surface area contributed by atoms with Crippen molar-refractivity contribution in [1.82, 2.24) is 20.0 Å². The van der Waals surface area contributed by atoms with Crippen molar-refractivity contribution in [3.63, 3.8) is 0 Å². The highest BCUT2D eigenvalue weighted by molar-refractivity contribution is 5.98. The Bertz CT molecular complexity index is 844. The first-order chi connectivity index (χ1) is 12.9. The third-order valence-electron chi connectivity index (χ3n) is 4.97. The molecule has 0 saturated carbocycles. The number of piperidine rings is 1. The van der Waals surface area contributed by atoms with Crippen LogP contribution in [0.15, 0.2) is 30.6 Å². The number of rotatable bonds is 5. The smallest absolute Gasteiger partial charge is 0.244 e. The molecule has 1 aliphatic rings. The molecule has 144 valence electrons. The van der Waals surface area contributed by atoms with Crippen molar-refractivity contribution in [3.05, 3.63) is 53.4 Å². The molecule has 0 bridgehead atoms. The molecule has 6 nitrogen and oxygen atoms in total. The van der Waals surface area contributed by atoms with E-state index in [4.69, 9.17) is 0 Å². The van der Waals surface area contributed by atoms with E-state index in [0.717, 1.165) is 23.8 Å². The zero-order chi connectivity index (χ0) is 19.6. The van der Waals surface area contributed by atoms with Crippen LogP contribution in [0.25, 0.3) is 0 Å². The van der Waals surface area contributed by atoms with Crippen LogP contribution in [0.5, 0.6) is 0 Å². The molecular weight excluding hydrogens is 354 g/mol. The second-order valence-electron chi connectivity index (χ2n) is 6.76. The summed E-state index contributed by atoms with van der Waals surface area (Å²) in [5.74, 6) is -2.27. The van der Waals surface area contributed by atoms with Crippen molar-refractivity contribution in [2.75, 3.05) is 20.1 Å². The summed E-state index contributed by atoms with van der Waals surface area (Å²) in [4.78, 5) is 27.0. The fraction of sp³-hybridized carbons (Fsp3) is 0.421. The molecule has 1 fully saturated rings. The molecule has 1 atom stereocenters. The number of aryl methyl sites for hydroxylation is 1. The summed E-state index contributed by atoms with van der Waals surface area (Å²) in [5.41, 5.74) is 0.549. The maximum Gasteiger partial charge on any atom is 0.244 e. The number of carbonyl (C=O) groups excluding carboxylic acids is 2. The first-order valence-electron chi connectivity index (χ1n) is 8.84. The number of likely N-dealkylation sites (tertiary alicyclic amines) is 1. The molecule has 2 aromatic rings. The molecule has 27 heavy (non-hydrogen) atoms. The summed E-state index contributed by atoms with van der Waals surface area (Å²) in [5, 5.41) is 7.09. The topological polar surface area (TPSA) is 67.2 Å². The van der Waals surface area contributed by atoms with Gasteiger partial charge in [0.15, 0.2) is 5.78 Å². The van der Waals surface area contributed by atoms with E-state index in [9.17, 15) is 18.4 Å². The zero-order valence-corrected chi connectivity index (χ0v) is 15.3. The van der Waals surface area contributed by atoms with Gasteiger partial charge in [-0.3, -0.25) is 14.3 Å². The Kier molecular flexibility index (Phi) is 5.65. The Morgan fingerprint density at radius 2 is 1.96 bits per heavy atom. The fourth-order valence-electron chi connectivity index (χ4n) is 3.47. The normalized spacial score (nSPS) is 16.4. The molecule has 1 N–H and O–H groups in total. The number of ketones is 1. The quantitative estimate of drug-likeness (QED) is 0.812. The highest BCUT2D eigenvalue weighted by atomic mass is 19.1. The van der Waals surface area contributed by atoms with Gasteiger partial charge in [0.2, 0.25) is 5.91 Å². The van der Waals surface area contributed by atoms with Gasteiger partial charge in [0.1, 0.15) is 17.7 Å². The maximum atomic E-state index is 13.9. The molecule has 1 aromatic carbocycles. The van der Waals surface area contributed by atoms with Crippen molar-refractivity contribution in [3.8, 4) is 0 Å². The van der Waals surface area contributed by atoms with Crippen LogP contribution in [0.1, 0.15) is 34.8 Å². The van der Waals surface area contributed by atoms with Gasteiger partial charge in [-0.25, -0.2) is 8.78 Å². The average Bonchev–Trinajstić information content (AvgIpc) is 3.09. The maximum absolute atomic E-state index is 13.9. The number of amides is 1. The lowest BCUT2D eigenvalue weighted by molar-refractivity contribution is -0.134. The predicted molar refractivity (Wildman–Crippen MR) is 95.0 cm³/mol. The van der Waals surface area contributed by atoms with Crippen LogP contribution in [-0.4, -0.2) is 46.5 Å². The van der Waals surface area contributed by atoms with E-state index in [1.807, 2.05) is 0 Å². The third kappa shape index (κ3) is 4.05. The van der Waals surface area contributed by atoms with Crippen LogP contribution in [0, 0.1) is 17.6 Å². The standard InChI is InChI=1S/C19H22F2N4O2/c1-22-17(13-10-23-24(2)11-13)19(27)25-7-5-12(6-8-25)18(26)15-9-14(20)3-4-16(15)21/h3-4,9-12,17,22H,5-8H2,1-2H3. The lowest BCUT2D eigenvalue weighted by Crippen LogP contribution is -2.45. The Balaban J connectivity index is 1.65. The molecule has 1 aromatic heterocycles. The number of benzene rings is 1. The summed E-state index contributed by atoms with van der Waals surface area (Å²) >= 11 is 0. The van der Waals surface area contributed by atoms with Gasteiger partial charge in [0.25, 0.3) is 0 Å². The second kappa shape index (κ2) is 7.96. The van der Waals surface area contributed by atoms with Gasteiger partial charge in [0.05, 0.1) is 11.8 Å². The number of nitrogens with one attached hydrogen (secondary N) is 1. The SMILES string of the molecule is CNC(C(=O)N1CCC(C(=O)c2cc(F)ccc2F)CC1)c1cnn(C)c1. The van der Waals surface area contributed by atoms with Gasteiger partial charge in [-0.2, -0.15) is 5.10 Å². The van der Waals surface area contributed by atoms with Gasteiger partial charge in [0, 0.05) is 37.8 Å². The highest BCUT2D eigenvalue weighted by Crippen LogP contribution is 2.25. The number of Topliss-reactive ketones (excluding diaryl/α,β-unsaturated/α-hetero) is 1. The second-order valence-corrected chi connectivity index (χ2v) is 6.76. The summed E-state index contributed by atoms with van der Waals surface area (Å²) in [6.07, 6.45) is 4.26. The molecule has 1 saturated heterocycles. The third-order valence-corrected chi connectivity index (χ3v) is 4.97. The van der Waals surface area contributed by atoms with Crippen LogP contribution in [0.4, 0.5) is 8.78 Å². The number of aromatic nitrogens is 2. The Morgan fingerprint density at radius 1 is 1.26 bits per heavy atom. The van der Waals surface area contributed by atoms with E-state index in [-0.39, 0.29) is 11.5 Å². The molecular formula is C19H22F2N4O2. The summed E-state index contributed by atoms with van der Waals surface area (Å²) < 4.78 is 28.8. The van der Waals surface area contributed by atoms with Crippen LogP contribution >= 0.6 is 0 Å². The van der Waals surface area contributed by atoms with Gasteiger partial charge in [-0.05, 0) is 38.1 Å². The van der Waals surface area contributed by atoms with E-state index in [0.29, 0.717) is 25.9 Å². The van der Waals surface area contributed by atoms with Crippen LogP contribution in [-0.2, 0) is 11.8 Å².